The van der Waals surface area contributed by atoms with Crippen molar-refractivity contribution in [2.24, 2.45) is 5.92 Å². The zero-order valence-corrected chi connectivity index (χ0v) is 15.5. The van der Waals surface area contributed by atoms with E-state index in [-0.39, 0.29) is 41.0 Å². The fourth-order valence-corrected chi connectivity index (χ4v) is 3.54. The van der Waals surface area contributed by atoms with Crippen LogP contribution in [0.5, 0.6) is 0 Å². The number of nitro groups is 1. The largest absolute Gasteiger partial charge is 0.325 e. The van der Waals surface area contributed by atoms with Crippen LogP contribution in [0.25, 0.3) is 0 Å². The fraction of sp³-hybridized carbons (Fsp3) is 0.222. The summed E-state index contributed by atoms with van der Waals surface area (Å²) in [6.45, 7) is -0.0718. The van der Waals surface area contributed by atoms with Gasteiger partial charge in [0.05, 0.1) is 22.2 Å². The van der Waals surface area contributed by atoms with Gasteiger partial charge < -0.3 is 10.2 Å². The summed E-state index contributed by atoms with van der Waals surface area (Å²) in [6, 6.07) is 9.08. The number of alkyl halides is 2. The van der Waals surface area contributed by atoms with Crippen LogP contribution in [0.2, 0.25) is 0 Å². The minimum atomic E-state index is -2.66. The van der Waals surface area contributed by atoms with E-state index < -0.39 is 39.9 Å². The lowest BCUT2D eigenvalue weighted by Crippen LogP contribution is -2.28. The van der Waals surface area contributed by atoms with E-state index in [4.69, 9.17) is 0 Å². The number of carbonyl (C=O) groups excluding carboxylic acids is 2. The molecule has 0 aromatic heterocycles. The SMILES string of the molecule is O=C(Nc1ccccc1SC(F)F)C1CC(=O)N(c2ccc(F)c([N+](=O)[O-])c2)C1. The van der Waals surface area contributed by atoms with Gasteiger partial charge in [-0.05, 0) is 24.3 Å². The molecule has 0 radical (unpaired) electrons. The van der Waals surface area contributed by atoms with Crippen LogP contribution in [-0.2, 0) is 9.59 Å². The van der Waals surface area contributed by atoms with Crippen molar-refractivity contribution >= 4 is 40.6 Å². The summed E-state index contributed by atoms with van der Waals surface area (Å²) in [6.07, 6.45) is -0.166. The van der Waals surface area contributed by atoms with Crippen LogP contribution < -0.4 is 10.2 Å². The molecule has 1 unspecified atom stereocenters. The molecule has 0 spiro atoms. The summed E-state index contributed by atoms with van der Waals surface area (Å²) < 4.78 is 38.9. The third kappa shape index (κ3) is 4.67. The lowest BCUT2D eigenvalue weighted by Gasteiger charge is -2.17. The maximum Gasteiger partial charge on any atom is 0.306 e. The number of nitrogens with zero attached hydrogens (tertiary/aromatic N) is 2. The molecular formula is C18H14F3N3O4S. The van der Waals surface area contributed by atoms with Crippen LogP contribution in [0, 0.1) is 21.8 Å². The monoisotopic (exact) mass is 425 g/mol. The van der Waals surface area contributed by atoms with Crippen LogP contribution in [0.15, 0.2) is 47.4 Å². The molecule has 3 rings (SSSR count). The van der Waals surface area contributed by atoms with E-state index in [0.29, 0.717) is 0 Å². The molecule has 0 saturated carbocycles. The van der Waals surface area contributed by atoms with Crippen LogP contribution in [0.1, 0.15) is 6.42 Å². The first-order chi connectivity index (χ1) is 13.8. The molecule has 2 amide bonds. The minimum Gasteiger partial charge on any atom is -0.325 e. The standard InChI is InChI=1S/C18H14F3N3O4S/c19-12-6-5-11(8-14(12)24(27)28)23-9-10(7-16(23)25)17(26)22-13-3-1-2-4-15(13)29-18(20)21/h1-6,8,10,18H,7,9H2,(H,22,26). The van der Waals surface area contributed by atoms with E-state index in [1.807, 2.05) is 0 Å². The number of benzene rings is 2. The van der Waals surface area contributed by atoms with Crippen molar-refractivity contribution in [1.82, 2.24) is 0 Å². The maximum absolute atomic E-state index is 13.5. The number of nitro benzene ring substituents is 1. The molecule has 2 aromatic rings. The molecule has 1 N–H and O–H groups in total. The van der Waals surface area contributed by atoms with E-state index >= 15 is 0 Å². The lowest BCUT2D eigenvalue weighted by atomic mass is 10.1. The van der Waals surface area contributed by atoms with Crippen molar-refractivity contribution in [3.63, 3.8) is 0 Å². The Labute approximate surface area is 167 Å². The van der Waals surface area contributed by atoms with Crippen LogP contribution in [0.3, 0.4) is 0 Å². The normalized spacial score (nSPS) is 16.3. The van der Waals surface area contributed by atoms with Crippen molar-refractivity contribution in [3.05, 3.63) is 58.4 Å². The van der Waals surface area contributed by atoms with Crippen LogP contribution >= 0.6 is 11.8 Å². The number of hydrogen-bond donors (Lipinski definition) is 1. The number of nitrogens with one attached hydrogen (secondary N) is 1. The summed E-state index contributed by atoms with van der Waals surface area (Å²) >= 11 is 0.288. The molecule has 1 atom stereocenters. The third-order valence-electron chi connectivity index (χ3n) is 4.29. The predicted molar refractivity (Wildman–Crippen MR) is 100 cm³/mol. The summed E-state index contributed by atoms with van der Waals surface area (Å²) in [5.41, 5.74) is -0.473. The number of carbonyl (C=O) groups is 2. The first-order valence-electron chi connectivity index (χ1n) is 8.35. The first-order valence-corrected chi connectivity index (χ1v) is 9.23. The molecule has 0 aliphatic carbocycles. The number of amides is 2. The van der Waals surface area contributed by atoms with Crippen molar-refractivity contribution in [2.45, 2.75) is 17.1 Å². The van der Waals surface area contributed by atoms with Gasteiger partial charge in [-0.3, -0.25) is 19.7 Å². The quantitative estimate of drug-likeness (QED) is 0.428. The van der Waals surface area contributed by atoms with Crippen molar-refractivity contribution in [2.75, 3.05) is 16.8 Å². The highest BCUT2D eigenvalue weighted by molar-refractivity contribution is 7.99. The number of anilines is 2. The number of thioether (sulfide) groups is 1. The Morgan fingerprint density at radius 3 is 2.69 bits per heavy atom. The fourth-order valence-electron chi connectivity index (χ4n) is 2.95. The van der Waals surface area contributed by atoms with Crippen LogP contribution in [-0.4, -0.2) is 29.0 Å². The lowest BCUT2D eigenvalue weighted by molar-refractivity contribution is -0.387. The van der Waals surface area contributed by atoms with Crippen LogP contribution in [0.4, 0.5) is 30.2 Å². The number of halogens is 3. The highest BCUT2D eigenvalue weighted by Gasteiger charge is 2.36. The Kier molecular flexibility index (Phi) is 6.06. The maximum atomic E-state index is 13.5. The molecule has 1 heterocycles. The molecule has 2 aromatic carbocycles. The zero-order valence-electron chi connectivity index (χ0n) is 14.7. The van der Waals surface area contributed by atoms with Gasteiger partial charge in [-0.2, -0.15) is 13.2 Å². The van der Waals surface area contributed by atoms with E-state index in [1.165, 1.54) is 18.2 Å². The van der Waals surface area contributed by atoms with Crippen molar-refractivity contribution < 1.29 is 27.7 Å². The molecule has 7 nitrogen and oxygen atoms in total. The topological polar surface area (TPSA) is 92.6 Å². The average molecular weight is 425 g/mol. The molecular weight excluding hydrogens is 411 g/mol. The van der Waals surface area contributed by atoms with E-state index in [1.54, 1.807) is 12.1 Å². The molecule has 0 bridgehead atoms. The second kappa shape index (κ2) is 8.52. The Bertz CT molecular complexity index is 973. The summed E-state index contributed by atoms with van der Waals surface area (Å²) in [7, 11) is 0. The van der Waals surface area contributed by atoms with Gasteiger partial charge in [-0.1, -0.05) is 23.9 Å². The zero-order chi connectivity index (χ0) is 21.1. The minimum absolute atomic E-state index is 0.0718. The van der Waals surface area contributed by atoms with Gasteiger partial charge >= 0.3 is 5.69 Å². The molecule has 1 fully saturated rings. The number of para-hydroxylation sites is 1. The third-order valence-corrected chi connectivity index (χ3v) is 5.08. The van der Waals surface area contributed by atoms with Crippen molar-refractivity contribution in [1.29, 1.82) is 0 Å². The van der Waals surface area contributed by atoms with Gasteiger partial charge in [-0.25, -0.2) is 0 Å². The van der Waals surface area contributed by atoms with Gasteiger partial charge in [0.1, 0.15) is 0 Å². The smallest absolute Gasteiger partial charge is 0.306 e. The number of hydrogen-bond acceptors (Lipinski definition) is 5. The van der Waals surface area contributed by atoms with Gasteiger partial charge in [-0.15, -0.1) is 0 Å². The van der Waals surface area contributed by atoms with Gasteiger partial charge in [0.15, 0.2) is 0 Å². The van der Waals surface area contributed by atoms with E-state index in [0.717, 1.165) is 17.0 Å². The molecule has 1 aliphatic rings. The van der Waals surface area contributed by atoms with E-state index in [2.05, 4.69) is 5.32 Å². The number of rotatable bonds is 6. The molecule has 11 heteroatoms. The Morgan fingerprint density at radius 2 is 2.00 bits per heavy atom. The Hall–Kier alpha value is -3.08. The van der Waals surface area contributed by atoms with E-state index in [9.17, 15) is 32.9 Å². The molecule has 152 valence electrons. The Morgan fingerprint density at radius 1 is 1.28 bits per heavy atom. The highest BCUT2D eigenvalue weighted by Crippen LogP contribution is 2.33. The van der Waals surface area contributed by atoms with Gasteiger partial charge in [0, 0.05) is 23.9 Å². The molecule has 1 aliphatic heterocycles. The van der Waals surface area contributed by atoms with Gasteiger partial charge in [0.2, 0.25) is 17.6 Å². The first kappa shape index (κ1) is 20.6. The second-order valence-corrected chi connectivity index (χ2v) is 7.19. The highest BCUT2D eigenvalue weighted by atomic mass is 32.2. The summed E-state index contributed by atoms with van der Waals surface area (Å²) in [5.74, 6) is -5.49. The van der Waals surface area contributed by atoms with Crippen molar-refractivity contribution in [3.8, 4) is 0 Å². The second-order valence-electron chi connectivity index (χ2n) is 6.16. The van der Waals surface area contributed by atoms with Gasteiger partial charge in [0.25, 0.3) is 5.76 Å². The summed E-state index contributed by atoms with van der Waals surface area (Å²) in [4.78, 5) is 36.2. The molecule has 1 saturated heterocycles. The Balaban J connectivity index is 1.75. The predicted octanol–water partition coefficient (Wildman–Crippen LogP) is 4.04. The molecule has 29 heavy (non-hydrogen) atoms. The summed E-state index contributed by atoms with van der Waals surface area (Å²) in [5, 5.41) is 13.4. The average Bonchev–Trinajstić information content (AvgIpc) is 3.05.